The van der Waals surface area contributed by atoms with E-state index < -0.39 is 0 Å². The molecule has 0 aliphatic carbocycles. The van der Waals surface area contributed by atoms with Gasteiger partial charge in [-0.05, 0) is 47.1 Å². The van der Waals surface area contributed by atoms with E-state index in [2.05, 4.69) is 33.0 Å². The number of hydrogen-bond donors (Lipinski definition) is 1. The zero-order chi connectivity index (χ0) is 11.4. The summed E-state index contributed by atoms with van der Waals surface area (Å²) in [7, 11) is 0. The fraction of sp³-hybridized carbons (Fsp3) is 0.917. The molecule has 1 fully saturated rings. The van der Waals surface area contributed by atoms with Crippen molar-refractivity contribution in [1.29, 1.82) is 0 Å². The Morgan fingerprint density at radius 3 is 2.67 bits per heavy atom. The fourth-order valence-electron chi connectivity index (χ4n) is 2.37. The number of carbonyl (C=O) groups is 1. The first-order chi connectivity index (χ1) is 7.06. The average Bonchev–Trinajstić information content (AvgIpc) is 2.18. The Labute approximate surface area is 93.2 Å². The highest BCUT2D eigenvalue weighted by Crippen LogP contribution is 2.19. The lowest BCUT2D eigenvalue weighted by Crippen LogP contribution is -2.46. The molecule has 1 heterocycles. The van der Waals surface area contributed by atoms with Gasteiger partial charge in [-0.15, -0.1) is 0 Å². The molecule has 3 nitrogen and oxygen atoms in total. The van der Waals surface area contributed by atoms with Crippen molar-refractivity contribution in [2.45, 2.75) is 52.6 Å². The average molecular weight is 212 g/mol. The highest BCUT2D eigenvalue weighted by atomic mass is 16.2. The molecule has 0 saturated carbocycles. The summed E-state index contributed by atoms with van der Waals surface area (Å²) < 4.78 is 0. The van der Waals surface area contributed by atoms with Crippen LogP contribution in [0, 0.1) is 5.92 Å². The SMILES string of the molecule is CCN(C(=O)C1CCNC(C)C1)C(C)C. The van der Waals surface area contributed by atoms with E-state index in [0.29, 0.717) is 18.0 Å². The molecule has 15 heavy (non-hydrogen) atoms. The van der Waals surface area contributed by atoms with Crippen LogP contribution < -0.4 is 5.32 Å². The molecule has 0 radical (unpaired) electrons. The maximum Gasteiger partial charge on any atom is 0.226 e. The molecule has 0 aromatic heterocycles. The summed E-state index contributed by atoms with van der Waals surface area (Å²) in [6.07, 6.45) is 1.98. The van der Waals surface area contributed by atoms with Gasteiger partial charge in [-0.25, -0.2) is 0 Å². The third-order valence-electron chi connectivity index (χ3n) is 3.22. The molecule has 1 amide bonds. The van der Waals surface area contributed by atoms with Gasteiger partial charge in [-0.2, -0.15) is 0 Å². The van der Waals surface area contributed by atoms with Crippen molar-refractivity contribution in [3.8, 4) is 0 Å². The number of nitrogens with one attached hydrogen (secondary N) is 1. The Morgan fingerprint density at radius 2 is 2.20 bits per heavy atom. The maximum absolute atomic E-state index is 12.2. The molecule has 2 atom stereocenters. The molecule has 0 spiro atoms. The summed E-state index contributed by atoms with van der Waals surface area (Å²) >= 11 is 0. The molecular formula is C12H24N2O. The zero-order valence-corrected chi connectivity index (χ0v) is 10.4. The lowest BCUT2D eigenvalue weighted by molar-refractivity contribution is -0.138. The van der Waals surface area contributed by atoms with Gasteiger partial charge in [-0.3, -0.25) is 4.79 Å². The van der Waals surface area contributed by atoms with Crippen LogP contribution >= 0.6 is 0 Å². The lowest BCUT2D eigenvalue weighted by Gasteiger charge is -2.33. The second-order valence-corrected chi connectivity index (χ2v) is 4.79. The second kappa shape index (κ2) is 5.50. The van der Waals surface area contributed by atoms with Gasteiger partial charge in [0.15, 0.2) is 0 Å². The Hall–Kier alpha value is -0.570. The van der Waals surface area contributed by atoms with Crippen LogP contribution in [-0.4, -0.2) is 36.0 Å². The van der Waals surface area contributed by atoms with E-state index in [1.165, 1.54) is 0 Å². The normalized spacial score (nSPS) is 26.7. The van der Waals surface area contributed by atoms with Crippen molar-refractivity contribution in [1.82, 2.24) is 10.2 Å². The maximum atomic E-state index is 12.2. The predicted molar refractivity (Wildman–Crippen MR) is 62.7 cm³/mol. The fourth-order valence-corrected chi connectivity index (χ4v) is 2.37. The van der Waals surface area contributed by atoms with Gasteiger partial charge in [0.2, 0.25) is 5.91 Å². The molecule has 1 N–H and O–H groups in total. The number of hydrogen-bond acceptors (Lipinski definition) is 2. The van der Waals surface area contributed by atoms with Gasteiger partial charge in [-0.1, -0.05) is 0 Å². The van der Waals surface area contributed by atoms with Crippen molar-refractivity contribution in [2.24, 2.45) is 5.92 Å². The first kappa shape index (κ1) is 12.5. The minimum Gasteiger partial charge on any atom is -0.340 e. The van der Waals surface area contributed by atoms with Gasteiger partial charge in [0.25, 0.3) is 0 Å². The molecule has 1 aliphatic heterocycles. The molecule has 0 aromatic rings. The highest BCUT2D eigenvalue weighted by Gasteiger charge is 2.28. The molecule has 0 aromatic carbocycles. The van der Waals surface area contributed by atoms with Crippen LogP contribution in [0.2, 0.25) is 0 Å². The molecule has 88 valence electrons. The van der Waals surface area contributed by atoms with Crippen molar-refractivity contribution in [2.75, 3.05) is 13.1 Å². The number of rotatable bonds is 3. The van der Waals surface area contributed by atoms with Crippen LogP contribution in [0.4, 0.5) is 0 Å². The van der Waals surface area contributed by atoms with Crippen LogP contribution in [0.25, 0.3) is 0 Å². The Bertz CT molecular complexity index is 216. The molecule has 1 saturated heterocycles. The molecule has 0 bridgehead atoms. The van der Waals surface area contributed by atoms with E-state index in [0.717, 1.165) is 25.9 Å². The smallest absolute Gasteiger partial charge is 0.226 e. The van der Waals surface area contributed by atoms with Gasteiger partial charge in [0, 0.05) is 24.5 Å². The van der Waals surface area contributed by atoms with Crippen LogP contribution in [0.1, 0.15) is 40.5 Å². The minimum atomic E-state index is 0.239. The predicted octanol–water partition coefficient (Wildman–Crippen LogP) is 1.63. The third kappa shape index (κ3) is 3.20. The van der Waals surface area contributed by atoms with E-state index in [1.54, 1.807) is 0 Å². The summed E-state index contributed by atoms with van der Waals surface area (Å²) in [6, 6.07) is 0.811. The lowest BCUT2D eigenvalue weighted by atomic mass is 9.91. The molecule has 1 aliphatic rings. The summed E-state index contributed by atoms with van der Waals surface area (Å²) in [5.41, 5.74) is 0. The monoisotopic (exact) mass is 212 g/mol. The zero-order valence-electron chi connectivity index (χ0n) is 10.4. The Balaban J connectivity index is 2.57. The Morgan fingerprint density at radius 1 is 1.53 bits per heavy atom. The van der Waals surface area contributed by atoms with E-state index in [4.69, 9.17) is 0 Å². The number of carbonyl (C=O) groups excluding carboxylic acids is 1. The van der Waals surface area contributed by atoms with Crippen molar-refractivity contribution in [3.05, 3.63) is 0 Å². The van der Waals surface area contributed by atoms with Crippen LogP contribution in [0.5, 0.6) is 0 Å². The van der Waals surface area contributed by atoms with E-state index in [1.807, 2.05) is 4.90 Å². The van der Waals surface area contributed by atoms with Gasteiger partial charge >= 0.3 is 0 Å². The van der Waals surface area contributed by atoms with Crippen molar-refractivity contribution < 1.29 is 4.79 Å². The summed E-state index contributed by atoms with van der Waals surface area (Å²) in [5, 5.41) is 3.38. The molecule has 1 rings (SSSR count). The topological polar surface area (TPSA) is 32.3 Å². The third-order valence-corrected chi connectivity index (χ3v) is 3.22. The van der Waals surface area contributed by atoms with Crippen LogP contribution in [0.15, 0.2) is 0 Å². The Kier molecular flexibility index (Phi) is 4.58. The first-order valence-corrected chi connectivity index (χ1v) is 6.10. The van der Waals surface area contributed by atoms with Crippen molar-refractivity contribution >= 4 is 5.91 Å². The molecular weight excluding hydrogens is 188 g/mol. The van der Waals surface area contributed by atoms with Crippen LogP contribution in [-0.2, 0) is 4.79 Å². The van der Waals surface area contributed by atoms with Crippen molar-refractivity contribution in [3.63, 3.8) is 0 Å². The highest BCUT2D eigenvalue weighted by molar-refractivity contribution is 5.79. The van der Waals surface area contributed by atoms with E-state index in [-0.39, 0.29) is 5.92 Å². The molecule has 2 unspecified atom stereocenters. The number of nitrogens with zero attached hydrogens (tertiary/aromatic N) is 1. The summed E-state index contributed by atoms with van der Waals surface area (Å²) in [5.74, 6) is 0.587. The van der Waals surface area contributed by atoms with Gasteiger partial charge < -0.3 is 10.2 Å². The summed E-state index contributed by atoms with van der Waals surface area (Å²) in [6.45, 7) is 10.2. The minimum absolute atomic E-state index is 0.239. The second-order valence-electron chi connectivity index (χ2n) is 4.79. The standard InChI is InChI=1S/C12H24N2O/c1-5-14(9(2)3)12(15)11-6-7-13-10(4)8-11/h9-11,13H,5-8H2,1-4H3. The number of amides is 1. The van der Waals surface area contributed by atoms with Crippen LogP contribution in [0.3, 0.4) is 0 Å². The van der Waals surface area contributed by atoms with Gasteiger partial charge in [0.05, 0.1) is 0 Å². The summed E-state index contributed by atoms with van der Waals surface area (Å²) in [4.78, 5) is 14.2. The number of piperidine rings is 1. The first-order valence-electron chi connectivity index (χ1n) is 6.10. The van der Waals surface area contributed by atoms with E-state index >= 15 is 0 Å². The molecule has 3 heteroatoms. The van der Waals surface area contributed by atoms with Gasteiger partial charge in [0.1, 0.15) is 0 Å². The largest absolute Gasteiger partial charge is 0.340 e. The quantitative estimate of drug-likeness (QED) is 0.771. The van der Waals surface area contributed by atoms with E-state index in [9.17, 15) is 4.79 Å².